The maximum absolute atomic E-state index is 10.7. The molecule has 0 unspecified atom stereocenters. The van der Waals surface area contributed by atoms with Crippen LogP contribution in [-0.4, -0.2) is 17.0 Å². The molecule has 1 aromatic carbocycles. The summed E-state index contributed by atoms with van der Waals surface area (Å²) in [6, 6.07) is 10.7. The van der Waals surface area contributed by atoms with Crippen molar-refractivity contribution >= 4 is 5.69 Å². The van der Waals surface area contributed by atoms with E-state index in [1.54, 1.807) is 25.4 Å². The van der Waals surface area contributed by atoms with Crippen LogP contribution in [0.4, 0.5) is 5.69 Å². The predicted molar refractivity (Wildman–Crippen MR) is 61.7 cm³/mol. The minimum Gasteiger partial charge on any atom is -0.497 e. The molecule has 6 heteroatoms. The van der Waals surface area contributed by atoms with Crippen molar-refractivity contribution in [1.29, 1.82) is 0 Å². The first-order chi connectivity index (χ1) is 8.20. The van der Waals surface area contributed by atoms with E-state index in [0.717, 1.165) is 0 Å². The van der Waals surface area contributed by atoms with Gasteiger partial charge in [-0.3, -0.25) is 10.1 Å². The molecule has 0 saturated heterocycles. The zero-order valence-electron chi connectivity index (χ0n) is 9.42. The number of ether oxygens (including phenoxy) is 1. The van der Waals surface area contributed by atoms with Crippen LogP contribution < -0.4 is 4.74 Å². The Kier molecular flexibility index (Phi) is 4.95. The van der Waals surface area contributed by atoms with Crippen molar-refractivity contribution in [2.45, 2.75) is 0 Å². The average molecular weight is 421 g/mol. The molecule has 0 N–H and O–H groups in total. The molecule has 0 atom stereocenters. The summed E-state index contributed by atoms with van der Waals surface area (Å²) in [5.41, 5.74) is 1.18. The van der Waals surface area contributed by atoms with Crippen molar-refractivity contribution in [3.05, 3.63) is 52.7 Å². The summed E-state index contributed by atoms with van der Waals surface area (Å²) in [6.07, 6.45) is 1.58. The van der Waals surface area contributed by atoms with Gasteiger partial charge >= 0.3 is 0 Å². The van der Waals surface area contributed by atoms with E-state index in [1.165, 1.54) is 18.2 Å². The van der Waals surface area contributed by atoms with Crippen LogP contribution in [-0.2, 0) is 20.1 Å². The molecule has 0 aliphatic heterocycles. The summed E-state index contributed by atoms with van der Waals surface area (Å²) >= 11 is 0. The Balaban J connectivity index is 0.00000162. The number of nitro groups is 1. The maximum atomic E-state index is 10.7. The number of benzene rings is 1. The van der Waals surface area contributed by atoms with Gasteiger partial charge in [-0.2, -0.15) is 0 Å². The summed E-state index contributed by atoms with van der Waals surface area (Å²) in [5, 5.41) is 10.7. The summed E-state index contributed by atoms with van der Waals surface area (Å²) in [6.45, 7) is 0. The molecule has 0 amide bonds. The number of hydrogen-bond donors (Lipinski definition) is 0. The Bertz CT molecular complexity index is 561. The molecule has 2 rings (SSSR count). The van der Waals surface area contributed by atoms with Crippen LogP contribution in [0, 0.1) is 16.2 Å². The Morgan fingerprint density at radius 3 is 2.83 bits per heavy atom. The zero-order chi connectivity index (χ0) is 12.3. The maximum Gasteiger partial charge on any atom is 0.192 e. The Hall–Kier alpha value is -1.78. The first-order valence-electron chi connectivity index (χ1n) is 4.87. The summed E-state index contributed by atoms with van der Waals surface area (Å²) in [7, 11) is 1.55. The number of non-ortho nitro benzene ring substituents is 1. The average Bonchev–Trinajstić information content (AvgIpc) is 2.39. The standard InChI is InChI=1S/C12H9N2O3.Ir/c1-17-11-5-6-13-12(8-11)9-3-2-4-10(7-9)14(15)16;/h2,4-8H,1H3;/q-1;. The Morgan fingerprint density at radius 1 is 1.39 bits per heavy atom. The second-order valence-corrected chi connectivity index (χ2v) is 3.30. The zero-order valence-corrected chi connectivity index (χ0v) is 11.8. The number of pyridine rings is 1. The normalized spacial score (nSPS) is 9.39. The third-order valence-corrected chi connectivity index (χ3v) is 2.24. The van der Waals surface area contributed by atoms with Crippen molar-refractivity contribution < 1.29 is 29.8 Å². The molecule has 0 spiro atoms. The van der Waals surface area contributed by atoms with Crippen molar-refractivity contribution in [2.24, 2.45) is 0 Å². The number of rotatable bonds is 3. The molecule has 0 bridgehead atoms. The van der Waals surface area contributed by atoms with Crippen LogP contribution in [0.15, 0.2) is 36.5 Å². The van der Waals surface area contributed by atoms with Crippen molar-refractivity contribution in [1.82, 2.24) is 4.98 Å². The van der Waals surface area contributed by atoms with E-state index in [9.17, 15) is 10.1 Å². The first-order valence-corrected chi connectivity index (χ1v) is 4.87. The smallest absolute Gasteiger partial charge is 0.192 e. The van der Waals surface area contributed by atoms with E-state index in [4.69, 9.17) is 4.74 Å². The van der Waals surface area contributed by atoms with E-state index in [0.29, 0.717) is 17.0 Å². The van der Waals surface area contributed by atoms with E-state index >= 15 is 0 Å². The minimum absolute atomic E-state index is 0. The molecule has 0 aliphatic rings. The monoisotopic (exact) mass is 422 g/mol. The fourth-order valence-corrected chi connectivity index (χ4v) is 1.40. The molecular formula is C12H9IrN2O3-. The van der Waals surface area contributed by atoms with E-state index in [2.05, 4.69) is 11.1 Å². The van der Waals surface area contributed by atoms with Gasteiger partial charge in [-0.1, -0.05) is 12.1 Å². The van der Waals surface area contributed by atoms with E-state index in [1.807, 2.05) is 0 Å². The molecule has 18 heavy (non-hydrogen) atoms. The molecular weight excluding hydrogens is 412 g/mol. The van der Waals surface area contributed by atoms with Crippen LogP contribution in [0.3, 0.4) is 0 Å². The van der Waals surface area contributed by atoms with Crippen molar-refractivity contribution in [3.63, 3.8) is 0 Å². The third kappa shape index (κ3) is 3.12. The Morgan fingerprint density at radius 2 is 2.17 bits per heavy atom. The summed E-state index contributed by atoms with van der Waals surface area (Å²) in [4.78, 5) is 14.3. The third-order valence-electron chi connectivity index (χ3n) is 2.24. The van der Waals surface area contributed by atoms with Crippen LogP contribution in [0.5, 0.6) is 5.75 Å². The SMILES string of the molecule is COc1ccnc(-c2[c-]ccc([N+](=O)[O-])c2)c1.[Ir]. The summed E-state index contributed by atoms with van der Waals surface area (Å²) < 4.78 is 5.07. The van der Waals surface area contributed by atoms with Gasteiger partial charge in [0.05, 0.1) is 7.11 Å². The van der Waals surface area contributed by atoms with Gasteiger partial charge in [-0.25, -0.2) is 0 Å². The number of hydrogen-bond acceptors (Lipinski definition) is 4. The second kappa shape index (κ2) is 6.23. The molecule has 0 aliphatic carbocycles. The molecule has 1 aromatic heterocycles. The second-order valence-electron chi connectivity index (χ2n) is 3.30. The predicted octanol–water partition coefficient (Wildman–Crippen LogP) is 2.46. The van der Waals surface area contributed by atoms with Gasteiger partial charge in [-0.05, 0) is 17.8 Å². The van der Waals surface area contributed by atoms with Gasteiger partial charge in [0.25, 0.3) is 0 Å². The van der Waals surface area contributed by atoms with E-state index < -0.39 is 4.92 Å². The van der Waals surface area contributed by atoms with Gasteiger partial charge in [0.1, 0.15) is 5.75 Å². The topological polar surface area (TPSA) is 65.3 Å². The van der Waals surface area contributed by atoms with Gasteiger partial charge in [0.15, 0.2) is 5.69 Å². The fourth-order valence-electron chi connectivity index (χ4n) is 1.40. The van der Waals surface area contributed by atoms with Gasteiger partial charge < -0.3 is 9.72 Å². The van der Waals surface area contributed by atoms with Crippen LogP contribution in [0.25, 0.3) is 11.3 Å². The van der Waals surface area contributed by atoms with Crippen LogP contribution >= 0.6 is 0 Å². The minimum atomic E-state index is -0.447. The number of nitro benzene ring substituents is 1. The molecule has 1 heterocycles. The molecule has 5 nitrogen and oxygen atoms in total. The van der Waals surface area contributed by atoms with Gasteiger partial charge in [0, 0.05) is 31.2 Å². The van der Waals surface area contributed by atoms with Gasteiger partial charge in [-0.15, -0.1) is 17.7 Å². The van der Waals surface area contributed by atoms with Crippen LogP contribution in [0.2, 0.25) is 0 Å². The molecule has 95 valence electrons. The molecule has 0 fully saturated rings. The molecule has 2 aromatic rings. The largest absolute Gasteiger partial charge is 0.497 e. The first kappa shape index (κ1) is 14.3. The summed E-state index contributed by atoms with van der Waals surface area (Å²) in [5.74, 6) is 0.648. The van der Waals surface area contributed by atoms with Gasteiger partial charge in [0.2, 0.25) is 0 Å². The van der Waals surface area contributed by atoms with E-state index in [-0.39, 0.29) is 25.8 Å². The Labute approximate surface area is 117 Å². The number of methoxy groups -OCH3 is 1. The molecule has 0 saturated carbocycles. The van der Waals surface area contributed by atoms with Crippen molar-refractivity contribution in [3.8, 4) is 17.0 Å². The molecule has 1 radical (unpaired) electrons. The number of aromatic nitrogens is 1. The quantitative estimate of drug-likeness (QED) is 0.434. The van der Waals surface area contributed by atoms with Crippen LogP contribution in [0.1, 0.15) is 0 Å². The fraction of sp³-hybridized carbons (Fsp3) is 0.0833. The van der Waals surface area contributed by atoms with Crippen molar-refractivity contribution in [2.75, 3.05) is 7.11 Å². The number of nitrogens with zero attached hydrogens (tertiary/aromatic N) is 2.